The number of fused-ring (bicyclic) bond motifs is 1. The number of nitrogens with zero attached hydrogens (tertiary/aromatic N) is 1. The maximum atomic E-state index is 11.8. The number of hydrogen-bond acceptors (Lipinski definition) is 3. The smallest absolute Gasteiger partial charge is 0.410 e. The Kier molecular flexibility index (Phi) is 2.86. The van der Waals surface area contributed by atoms with Crippen LogP contribution in [-0.4, -0.2) is 41.8 Å². The molecule has 2 heterocycles. The lowest BCUT2D eigenvalue weighted by Crippen LogP contribution is -2.39. The lowest BCUT2D eigenvalue weighted by Gasteiger charge is -2.25. The zero-order chi connectivity index (χ0) is 11.9. The summed E-state index contributed by atoms with van der Waals surface area (Å²) in [5, 5.41) is 3.51. The van der Waals surface area contributed by atoms with Crippen molar-refractivity contribution in [2.24, 2.45) is 5.92 Å². The van der Waals surface area contributed by atoms with Crippen LogP contribution >= 0.6 is 0 Å². The summed E-state index contributed by atoms with van der Waals surface area (Å²) < 4.78 is 5.37. The van der Waals surface area contributed by atoms with Gasteiger partial charge in [-0.05, 0) is 40.0 Å². The topological polar surface area (TPSA) is 41.6 Å². The highest BCUT2D eigenvalue weighted by Crippen LogP contribution is 2.28. The van der Waals surface area contributed by atoms with E-state index >= 15 is 0 Å². The number of hydrogen-bond donors (Lipinski definition) is 1. The van der Waals surface area contributed by atoms with Crippen molar-refractivity contribution in [3.05, 3.63) is 0 Å². The lowest BCUT2D eigenvalue weighted by atomic mass is 10.0. The standard InChI is InChI=1S/C12H22N2O2/c1-8-5-9-6-14(7-10(9)13-8)11(15)16-12(2,3)4/h8-10,13H,5-7H2,1-4H3. The second kappa shape index (κ2) is 3.91. The van der Waals surface area contributed by atoms with Gasteiger partial charge in [0.15, 0.2) is 0 Å². The van der Waals surface area contributed by atoms with E-state index in [1.54, 1.807) is 0 Å². The van der Waals surface area contributed by atoms with Crippen molar-refractivity contribution < 1.29 is 9.53 Å². The molecule has 0 radical (unpaired) electrons. The molecule has 0 aromatic rings. The monoisotopic (exact) mass is 226 g/mol. The van der Waals surface area contributed by atoms with E-state index in [1.807, 2.05) is 25.7 Å². The fourth-order valence-electron chi connectivity index (χ4n) is 2.66. The van der Waals surface area contributed by atoms with E-state index in [4.69, 9.17) is 4.74 Å². The molecule has 1 N–H and O–H groups in total. The van der Waals surface area contributed by atoms with E-state index < -0.39 is 5.60 Å². The van der Waals surface area contributed by atoms with Gasteiger partial charge in [0.25, 0.3) is 0 Å². The molecule has 0 bridgehead atoms. The van der Waals surface area contributed by atoms with Crippen molar-refractivity contribution in [3.63, 3.8) is 0 Å². The summed E-state index contributed by atoms with van der Waals surface area (Å²) in [5.74, 6) is 0.613. The Morgan fingerprint density at radius 1 is 1.38 bits per heavy atom. The summed E-state index contributed by atoms with van der Waals surface area (Å²) in [5.41, 5.74) is -0.393. The highest BCUT2D eigenvalue weighted by molar-refractivity contribution is 5.68. The van der Waals surface area contributed by atoms with E-state index in [-0.39, 0.29) is 6.09 Å². The van der Waals surface area contributed by atoms with Gasteiger partial charge in [-0.1, -0.05) is 0 Å². The summed E-state index contributed by atoms with van der Waals surface area (Å²) in [7, 11) is 0. The van der Waals surface area contributed by atoms with E-state index in [2.05, 4.69) is 12.2 Å². The number of likely N-dealkylation sites (tertiary alicyclic amines) is 1. The van der Waals surface area contributed by atoms with Gasteiger partial charge in [-0.15, -0.1) is 0 Å². The largest absolute Gasteiger partial charge is 0.444 e. The van der Waals surface area contributed by atoms with Gasteiger partial charge in [-0.25, -0.2) is 4.79 Å². The molecule has 92 valence electrons. The van der Waals surface area contributed by atoms with Crippen molar-refractivity contribution >= 4 is 6.09 Å². The number of carbonyl (C=O) groups is 1. The average molecular weight is 226 g/mol. The van der Waals surface area contributed by atoms with Crippen LogP contribution in [0.5, 0.6) is 0 Å². The molecule has 0 saturated carbocycles. The van der Waals surface area contributed by atoms with Gasteiger partial charge in [-0.2, -0.15) is 0 Å². The minimum Gasteiger partial charge on any atom is -0.444 e. The summed E-state index contributed by atoms with van der Waals surface area (Å²) in [4.78, 5) is 13.7. The molecule has 2 saturated heterocycles. The fourth-order valence-corrected chi connectivity index (χ4v) is 2.66. The predicted molar refractivity (Wildman–Crippen MR) is 62.3 cm³/mol. The van der Waals surface area contributed by atoms with Crippen LogP contribution in [0.1, 0.15) is 34.1 Å². The molecule has 2 aliphatic heterocycles. The number of nitrogens with one attached hydrogen (secondary N) is 1. The summed E-state index contributed by atoms with van der Waals surface area (Å²) in [6, 6.07) is 1.07. The second-order valence-electron chi connectivity index (χ2n) is 6.06. The predicted octanol–water partition coefficient (Wildman–Crippen LogP) is 1.60. The number of ether oxygens (including phenoxy) is 1. The molecule has 0 aromatic carbocycles. The molecule has 0 aliphatic carbocycles. The Bertz CT molecular complexity index is 271. The molecular formula is C12H22N2O2. The zero-order valence-corrected chi connectivity index (χ0v) is 10.6. The highest BCUT2D eigenvalue weighted by atomic mass is 16.6. The van der Waals surface area contributed by atoms with Crippen LogP contribution in [0.3, 0.4) is 0 Å². The van der Waals surface area contributed by atoms with E-state index in [1.165, 1.54) is 6.42 Å². The lowest BCUT2D eigenvalue weighted by molar-refractivity contribution is 0.0281. The molecule has 3 atom stereocenters. The van der Waals surface area contributed by atoms with E-state index in [0.29, 0.717) is 18.0 Å². The van der Waals surface area contributed by atoms with Gasteiger partial charge in [0.1, 0.15) is 5.60 Å². The van der Waals surface area contributed by atoms with Crippen LogP contribution < -0.4 is 5.32 Å². The third-order valence-corrected chi connectivity index (χ3v) is 3.25. The molecule has 2 rings (SSSR count). The van der Waals surface area contributed by atoms with Gasteiger partial charge in [0, 0.05) is 25.2 Å². The summed E-state index contributed by atoms with van der Waals surface area (Å²) in [6.07, 6.45) is 1.00. The van der Waals surface area contributed by atoms with E-state index in [0.717, 1.165) is 13.1 Å². The molecule has 2 fully saturated rings. The molecule has 4 nitrogen and oxygen atoms in total. The Morgan fingerprint density at radius 2 is 2.06 bits per heavy atom. The van der Waals surface area contributed by atoms with Crippen LogP contribution in [0.25, 0.3) is 0 Å². The maximum Gasteiger partial charge on any atom is 0.410 e. The maximum absolute atomic E-state index is 11.8. The molecule has 0 aromatic heterocycles. The minimum atomic E-state index is -0.393. The Balaban J connectivity index is 1.88. The first kappa shape index (κ1) is 11.7. The molecule has 0 spiro atoms. The molecule has 1 amide bonds. The van der Waals surface area contributed by atoms with E-state index in [9.17, 15) is 4.79 Å². The quantitative estimate of drug-likeness (QED) is 0.682. The second-order valence-corrected chi connectivity index (χ2v) is 6.06. The van der Waals surface area contributed by atoms with Crippen molar-refractivity contribution in [3.8, 4) is 0 Å². The van der Waals surface area contributed by atoms with Gasteiger partial charge < -0.3 is 15.0 Å². The van der Waals surface area contributed by atoms with Crippen LogP contribution in [-0.2, 0) is 4.74 Å². The molecule has 2 aliphatic rings. The van der Waals surface area contributed by atoms with Gasteiger partial charge in [0.05, 0.1) is 0 Å². The molecule has 4 heteroatoms. The zero-order valence-electron chi connectivity index (χ0n) is 10.6. The first-order chi connectivity index (χ1) is 7.35. The fraction of sp³-hybridized carbons (Fsp3) is 0.917. The number of carbonyl (C=O) groups excluding carboxylic acids is 1. The Hall–Kier alpha value is -0.770. The van der Waals surface area contributed by atoms with Crippen LogP contribution in [0.2, 0.25) is 0 Å². The van der Waals surface area contributed by atoms with Crippen molar-refractivity contribution in [2.75, 3.05) is 13.1 Å². The minimum absolute atomic E-state index is 0.170. The normalized spacial score (nSPS) is 34.0. The van der Waals surface area contributed by atoms with Gasteiger partial charge in [0.2, 0.25) is 0 Å². The number of rotatable bonds is 0. The van der Waals surface area contributed by atoms with Crippen molar-refractivity contribution in [1.29, 1.82) is 0 Å². The van der Waals surface area contributed by atoms with Gasteiger partial charge >= 0.3 is 6.09 Å². The summed E-state index contributed by atoms with van der Waals surface area (Å²) >= 11 is 0. The van der Waals surface area contributed by atoms with Gasteiger partial charge in [-0.3, -0.25) is 0 Å². The number of amides is 1. The highest BCUT2D eigenvalue weighted by Gasteiger charge is 2.41. The molecule has 3 unspecified atom stereocenters. The van der Waals surface area contributed by atoms with Crippen molar-refractivity contribution in [2.45, 2.75) is 51.8 Å². The Morgan fingerprint density at radius 3 is 2.62 bits per heavy atom. The average Bonchev–Trinajstić information content (AvgIpc) is 2.56. The van der Waals surface area contributed by atoms with Crippen LogP contribution in [0, 0.1) is 5.92 Å². The van der Waals surface area contributed by atoms with Crippen LogP contribution in [0.4, 0.5) is 4.79 Å². The first-order valence-corrected chi connectivity index (χ1v) is 6.09. The van der Waals surface area contributed by atoms with Crippen LogP contribution in [0.15, 0.2) is 0 Å². The third-order valence-electron chi connectivity index (χ3n) is 3.25. The van der Waals surface area contributed by atoms with Crippen molar-refractivity contribution in [1.82, 2.24) is 10.2 Å². The summed E-state index contributed by atoms with van der Waals surface area (Å²) in [6.45, 7) is 9.56. The first-order valence-electron chi connectivity index (χ1n) is 6.09. The molecule has 16 heavy (non-hydrogen) atoms. The Labute approximate surface area is 97.3 Å². The SMILES string of the molecule is CC1CC2CN(C(=O)OC(C)(C)C)CC2N1. The molecular weight excluding hydrogens is 204 g/mol. The third kappa shape index (κ3) is 2.48.